The minimum atomic E-state index is -0.467. The van der Waals surface area contributed by atoms with Crippen molar-refractivity contribution < 1.29 is 14.3 Å². The molecule has 0 radical (unpaired) electrons. The lowest BCUT2D eigenvalue weighted by atomic mass is 10.1. The molecule has 114 valence electrons. The van der Waals surface area contributed by atoms with Crippen molar-refractivity contribution in [1.82, 2.24) is 0 Å². The number of benzene rings is 1. The van der Waals surface area contributed by atoms with E-state index in [4.69, 9.17) is 4.74 Å². The van der Waals surface area contributed by atoms with E-state index in [0.717, 1.165) is 24.9 Å². The molecular weight excluding hydrogens is 268 g/mol. The minimum absolute atomic E-state index is 0.0291. The summed E-state index contributed by atoms with van der Waals surface area (Å²) < 4.78 is 5.64. The van der Waals surface area contributed by atoms with Gasteiger partial charge in [0.15, 0.2) is 6.10 Å². The summed E-state index contributed by atoms with van der Waals surface area (Å²) in [5, 5.41) is 2.74. The smallest absolute Gasteiger partial charge is 0.267 e. The quantitative estimate of drug-likeness (QED) is 0.848. The number of fused-ring (bicyclic) bond motifs is 1. The Bertz CT molecular complexity index is 542. The minimum Gasteiger partial charge on any atom is -0.479 e. The summed E-state index contributed by atoms with van der Waals surface area (Å²) in [6.45, 7) is 6.03. The van der Waals surface area contributed by atoms with Crippen molar-refractivity contribution in [3.8, 4) is 5.75 Å². The van der Waals surface area contributed by atoms with Crippen molar-refractivity contribution in [1.29, 1.82) is 0 Å². The average molecular weight is 290 g/mol. The number of nitrogens with zero attached hydrogens (tertiary/aromatic N) is 1. The molecule has 1 atom stereocenters. The molecule has 1 N–H and O–H groups in total. The van der Waals surface area contributed by atoms with Gasteiger partial charge in [0.2, 0.25) is 5.91 Å². The van der Waals surface area contributed by atoms with Gasteiger partial charge in [0.25, 0.3) is 5.91 Å². The number of hydrogen-bond acceptors (Lipinski definition) is 3. The van der Waals surface area contributed by atoms with Crippen LogP contribution in [0.3, 0.4) is 0 Å². The largest absolute Gasteiger partial charge is 0.479 e. The van der Waals surface area contributed by atoms with Crippen molar-refractivity contribution in [2.45, 2.75) is 46.1 Å². The first kappa shape index (κ1) is 15.4. The molecule has 5 heteroatoms. The molecule has 1 unspecified atom stereocenters. The maximum absolute atomic E-state index is 12.3. The molecular formula is C16H22N2O3. The van der Waals surface area contributed by atoms with Crippen LogP contribution in [0.25, 0.3) is 0 Å². The molecule has 0 saturated carbocycles. The van der Waals surface area contributed by atoms with E-state index in [1.54, 1.807) is 30.0 Å². The predicted octanol–water partition coefficient (Wildman–Crippen LogP) is 2.95. The number of unbranched alkanes of at least 4 members (excludes halogenated alkanes) is 2. The highest BCUT2D eigenvalue weighted by molar-refractivity contribution is 6.01. The summed E-state index contributed by atoms with van der Waals surface area (Å²) in [6, 6.07) is 5.38. The summed E-state index contributed by atoms with van der Waals surface area (Å²) in [4.78, 5) is 25.3. The molecule has 0 aliphatic carbocycles. The van der Waals surface area contributed by atoms with Gasteiger partial charge >= 0.3 is 0 Å². The van der Waals surface area contributed by atoms with Crippen molar-refractivity contribution in [2.24, 2.45) is 0 Å². The third-order valence-corrected chi connectivity index (χ3v) is 3.47. The van der Waals surface area contributed by atoms with Gasteiger partial charge in [-0.05, 0) is 31.5 Å². The summed E-state index contributed by atoms with van der Waals surface area (Å²) in [5.41, 5.74) is 1.41. The molecule has 0 saturated heterocycles. The molecule has 1 heterocycles. The molecule has 21 heavy (non-hydrogen) atoms. The second-order valence-electron chi connectivity index (χ2n) is 5.32. The second kappa shape index (κ2) is 6.61. The first-order valence-electron chi connectivity index (χ1n) is 7.42. The first-order valence-corrected chi connectivity index (χ1v) is 7.42. The fourth-order valence-electron chi connectivity index (χ4n) is 2.44. The summed E-state index contributed by atoms with van der Waals surface area (Å²) in [5.74, 6) is 0.523. The number of anilines is 2. The van der Waals surface area contributed by atoms with Crippen LogP contribution in [-0.2, 0) is 9.59 Å². The molecule has 1 aliphatic rings. The Morgan fingerprint density at radius 2 is 2.14 bits per heavy atom. The summed E-state index contributed by atoms with van der Waals surface area (Å²) >= 11 is 0. The molecule has 0 fully saturated rings. The lowest BCUT2D eigenvalue weighted by Gasteiger charge is -2.33. The predicted molar refractivity (Wildman–Crippen MR) is 82.7 cm³/mol. The second-order valence-corrected chi connectivity index (χ2v) is 5.32. The van der Waals surface area contributed by atoms with E-state index < -0.39 is 6.10 Å². The van der Waals surface area contributed by atoms with Gasteiger partial charge in [-0.3, -0.25) is 9.59 Å². The van der Waals surface area contributed by atoms with Crippen LogP contribution < -0.4 is 15.0 Å². The Balaban J connectivity index is 2.28. The van der Waals surface area contributed by atoms with Crippen LogP contribution in [0, 0.1) is 0 Å². The maximum atomic E-state index is 12.3. The number of hydrogen-bond donors (Lipinski definition) is 1. The number of rotatable bonds is 5. The van der Waals surface area contributed by atoms with E-state index in [2.05, 4.69) is 12.2 Å². The molecule has 0 spiro atoms. The number of carbonyl (C=O) groups excluding carboxylic acids is 2. The lowest BCUT2D eigenvalue weighted by molar-refractivity contribution is -0.125. The van der Waals surface area contributed by atoms with Crippen molar-refractivity contribution in [2.75, 3.05) is 16.8 Å². The molecule has 0 bridgehead atoms. The van der Waals surface area contributed by atoms with E-state index in [1.807, 2.05) is 0 Å². The highest BCUT2D eigenvalue weighted by atomic mass is 16.5. The van der Waals surface area contributed by atoms with Gasteiger partial charge in [0, 0.05) is 19.2 Å². The van der Waals surface area contributed by atoms with E-state index in [9.17, 15) is 9.59 Å². The SMILES string of the molecule is CCCCCN1C(=O)C(C)Oc2ccc(NC(C)=O)cc21. The molecule has 5 nitrogen and oxygen atoms in total. The molecule has 2 rings (SSSR count). The zero-order chi connectivity index (χ0) is 15.4. The lowest BCUT2D eigenvalue weighted by Crippen LogP contribution is -2.44. The number of amides is 2. The van der Waals surface area contributed by atoms with Crippen LogP contribution in [0.4, 0.5) is 11.4 Å². The molecule has 2 amide bonds. The molecule has 1 aromatic rings. The number of carbonyl (C=O) groups is 2. The Morgan fingerprint density at radius 1 is 1.38 bits per heavy atom. The highest BCUT2D eigenvalue weighted by Gasteiger charge is 2.31. The van der Waals surface area contributed by atoms with Crippen LogP contribution in [0.2, 0.25) is 0 Å². The van der Waals surface area contributed by atoms with Gasteiger partial charge in [0.1, 0.15) is 5.75 Å². The zero-order valence-electron chi connectivity index (χ0n) is 12.8. The topological polar surface area (TPSA) is 58.6 Å². The zero-order valence-corrected chi connectivity index (χ0v) is 12.8. The van der Waals surface area contributed by atoms with Gasteiger partial charge in [-0.1, -0.05) is 19.8 Å². The monoisotopic (exact) mass is 290 g/mol. The number of ether oxygens (including phenoxy) is 1. The van der Waals surface area contributed by atoms with E-state index in [0.29, 0.717) is 18.0 Å². The van der Waals surface area contributed by atoms with Gasteiger partial charge < -0.3 is 15.0 Å². The van der Waals surface area contributed by atoms with Crippen LogP contribution >= 0.6 is 0 Å². The van der Waals surface area contributed by atoms with Crippen molar-refractivity contribution >= 4 is 23.2 Å². The third-order valence-electron chi connectivity index (χ3n) is 3.47. The van der Waals surface area contributed by atoms with Gasteiger partial charge in [-0.2, -0.15) is 0 Å². The Morgan fingerprint density at radius 3 is 2.81 bits per heavy atom. The standard InChI is InChI=1S/C16H22N2O3/c1-4-5-6-9-18-14-10-13(17-12(3)19)7-8-15(14)21-11(2)16(18)20/h7-8,10-11H,4-6,9H2,1-3H3,(H,17,19). The molecule has 1 aromatic carbocycles. The van der Waals surface area contributed by atoms with E-state index >= 15 is 0 Å². The van der Waals surface area contributed by atoms with E-state index in [-0.39, 0.29) is 11.8 Å². The highest BCUT2D eigenvalue weighted by Crippen LogP contribution is 2.36. The van der Waals surface area contributed by atoms with Crippen molar-refractivity contribution in [3.05, 3.63) is 18.2 Å². The van der Waals surface area contributed by atoms with Gasteiger partial charge in [-0.25, -0.2) is 0 Å². The summed E-state index contributed by atoms with van der Waals surface area (Å²) in [6.07, 6.45) is 2.68. The average Bonchev–Trinajstić information content (AvgIpc) is 2.43. The molecule has 0 aromatic heterocycles. The number of nitrogens with one attached hydrogen (secondary N) is 1. The van der Waals surface area contributed by atoms with Crippen LogP contribution in [0.5, 0.6) is 5.75 Å². The third kappa shape index (κ3) is 3.54. The first-order chi connectivity index (χ1) is 10.0. The van der Waals surface area contributed by atoms with Crippen LogP contribution in [-0.4, -0.2) is 24.5 Å². The fourth-order valence-corrected chi connectivity index (χ4v) is 2.44. The van der Waals surface area contributed by atoms with Gasteiger partial charge in [0.05, 0.1) is 5.69 Å². The normalized spacial score (nSPS) is 17.2. The van der Waals surface area contributed by atoms with Crippen molar-refractivity contribution in [3.63, 3.8) is 0 Å². The molecule has 1 aliphatic heterocycles. The van der Waals surface area contributed by atoms with Crippen LogP contribution in [0.1, 0.15) is 40.0 Å². The Labute approximate surface area is 125 Å². The fraction of sp³-hybridized carbons (Fsp3) is 0.500. The van der Waals surface area contributed by atoms with Gasteiger partial charge in [-0.15, -0.1) is 0 Å². The van der Waals surface area contributed by atoms with E-state index in [1.165, 1.54) is 6.92 Å². The summed E-state index contributed by atoms with van der Waals surface area (Å²) in [7, 11) is 0. The maximum Gasteiger partial charge on any atom is 0.267 e. The Hall–Kier alpha value is -2.04. The Kier molecular flexibility index (Phi) is 4.83. The van der Waals surface area contributed by atoms with Crippen LogP contribution in [0.15, 0.2) is 18.2 Å².